The molecule has 1 aromatic heterocycles. The fourth-order valence-corrected chi connectivity index (χ4v) is 1.87. The Morgan fingerprint density at radius 1 is 1.44 bits per heavy atom. The smallest absolute Gasteiger partial charge is 0.260 e. The number of rotatable bonds is 5. The molecule has 100 valence electrons. The van der Waals surface area contributed by atoms with Crippen LogP contribution in [0.25, 0.3) is 0 Å². The lowest BCUT2D eigenvalue weighted by Crippen LogP contribution is -2.31. The van der Waals surface area contributed by atoms with E-state index in [0.717, 1.165) is 0 Å². The molecule has 0 aliphatic rings. The molecule has 0 aliphatic carbocycles. The van der Waals surface area contributed by atoms with Gasteiger partial charge in [-0.1, -0.05) is 0 Å². The predicted molar refractivity (Wildman–Crippen MR) is 66.7 cm³/mol. The van der Waals surface area contributed by atoms with Crippen LogP contribution in [-0.2, 0) is 10.0 Å². The molecule has 0 radical (unpaired) electrons. The van der Waals surface area contributed by atoms with Gasteiger partial charge >= 0.3 is 0 Å². The third kappa shape index (κ3) is 4.68. The lowest BCUT2D eigenvalue weighted by molar-refractivity contribution is 0.0952. The van der Waals surface area contributed by atoms with Gasteiger partial charge in [-0.2, -0.15) is 0 Å². The fraction of sp³-hybridized carbons (Fsp3) is 0.400. The molecule has 0 aliphatic heterocycles. The van der Waals surface area contributed by atoms with E-state index in [1.54, 1.807) is 13.0 Å². The van der Waals surface area contributed by atoms with E-state index in [1.807, 2.05) is 0 Å². The molecule has 8 heteroatoms. The highest BCUT2D eigenvalue weighted by atomic mass is 32.2. The van der Waals surface area contributed by atoms with Gasteiger partial charge in [0.25, 0.3) is 11.5 Å². The number of amides is 1. The number of aromatic amines is 1. The topological polar surface area (TPSA) is 122 Å². The summed E-state index contributed by atoms with van der Waals surface area (Å²) in [6.07, 6.45) is 0.203. The summed E-state index contributed by atoms with van der Waals surface area (Å²) in [6.45, 7) is 1.85. The highest BCUT2D eigenvalue weighted by molar-refractivity contribution is 7.89. The SMILES string of the molecule is Cc1ccc(C(=O)NCCCS(N)(=O)=O)c(=O)[nH]1. The molecule has 7 nitrogen and oxygen atoms in total. The van der Waals surface area contributed by atoms with Gasteiger partial charge in [0.15, 0.2) is 0 Å². The second kappa shape index (κ2) is 5.78. The van der Waals surface area contributed by atoms with Crippen LogP contribution >= 0.6 is 0 Å². The third-order valence-electron chi connectivity index (χ3n) is 2.19. The molecular formula is C10H15N3O4S. The molecule has 0 atom stereocenters. The number of carbonyl (C=O) groups excluding carboxylic acids is 1. The maximum absolute atomic E-state index is 11.6. The maximum Gasteiger partial charge on any atom is 0.260 e. The van der Waals surface area contributed by atoms with Gasteiger partial charge in [-0.05, 0) is 25.5 Å². The standard InChI is InChI=1S/C10H15N3O4S/c1-7-3-4-8(10(15)13-7)9(14)12-5-2-6-18(11,16)17/h3-4H,2,5-6H2,1H3,(H,12,14)(H,13,15)(H2,11,16,17). The molecule has 0 saturated heterocycles. The van der Waals surface area contributed by atoms with Crippen LogP contribution in [0.2, 0.25) is 0 Å². The first kappa shape index (κ1) is 14.4. The number of nitrogens with two attached hydrogens (primary N) is 1. The van der Waals surface area contributed by atoms with Gasteiger partial charge < -0.3 is 10.3 Å². The van der Waals surface area contributed by atoms with Crippen LogP contribution in [0, 0.1) is 6.92 Å². The van der Waals surface area contributed by atoms with E-state index < -0.39 is 21.5 Å². The minimum Gasteiger partial charge on any atom is -0.352 e. The van der Waals surface area contributed by atoms with Crippen molar-refractivity contribution >= 4 is 15.9 Å². The van der Waals surface area contributed by atoms with Crippen LogP contribution in [-0.4, -0.2) is 31.6 Å². The summed E-state index contributed by atoms with van der Waals surface area (Å²) in [4.78, 5) is 25.5. The first-order valence-corrected chi connectivity index (χ1v) is 7.00. The van der Waals surface area contributed by atoms with Crippen LogP contribution in [0.5, 0.6) is 0 Å². The van der Waals surface area contributed by atoms with Crippen molar-refractivity contribution in [2.45, 2.75) is 13.3 Å². The van der Waals surface area contributed by atoms with Crippen LogP contribution in [0.1, 0.15) is 22.5 Å². The van der Waals surface area contributed by atoms with E-state index in [2.05, 4.69) is 10.3 Å². The number of hydrogen-bond acceptors (Lipinski definition) is 4. The Labute approximate surface area is 104 Å². The molecule has 18 heavy (non-hydrogen) atoms. The van der Waals surface area contributed by atoms with Crippen molar-refractivity contribution in [1.29, 1.82) is 0 Å². The lowest BCUT2D eigenvalue weighted by atomic mass is 10.2. The summed E-state index contributed by atoms with van der Waals surface area (Å²) in [5.74, 6) is -0.747. The molecule has 4 N–H and O–H groups in total. The number of nitrogens with one attached hydrogen (secondary N) is 2. The second-order valence-electron chi connectivity index (χ2n) is 3.86. The average Bonchev–Trinajstić information content (AvgIpc) is 2.22. The first-order chi connectivity index (χ1) is 8.29. The van der Waals surface area contributed by atoms with Gasteiger partial charge in [-0.25, -0.2) is 13.6 Å². The molecule has 1 heterocycles. The second-order valence-corrected chi connectivity index (χ2v) is 5.59. The largest absolute Gasteiger partial charge is 0.352 e. The van der Waals surface area contributed by atoms with Crippen LogP contribution in [0.4, 0.5) is 0 Å². The number of hydrogen-bond donors (Lipinski definition) is 3. The fourth-order valence-electron chi connectivity index (χ4n) is 1.32. The molecule has 0 unspecified atom stereocenters. The van der Waals surface area contributed by atoms with Crippen molar-refractivity contribution in [3.8, 4) is 0 Å². The van der Waals surface area contributed by atoms with Crippen molar-refractivity contribution in [3.05, 3.63) is 33.7 Å². The zero-order valence-electron chi connectivity index (χ0n) is 9.89. The van der Waals surface area contributed by atoms with Gasteiger partial charge in [0, 0.05) is 12.2 Å². The van der Waals surface area contributed by atoms with Crippen molar-refractivity contribution in [2.75, 3.05) is 12.3 Å². The minimum atomic E-state index is -3.52. The summed E-state index contributed by atoms with van der Waals surface area (Å²) in [6, 6.07) is 3.03. The van der Waals surface area contributed by atoms with Gasteiger partial charge in [-0.3, -0.25) is 9.59 Å². The Bertz CT molecular complexity index is 591. The highest BCUT2D eigenvalue weighted by Gasteiger charge is 2.10. The summed E-state index contributed by atoms with van der Waals surface area (Å²) in [5, 5.41) is 7.26. The molecule has 1 amide bonds. The summed E-state index contributed by atoms with van der Waals surface area (Å²) in [5.41, 5.74) is 0.181. The van der Waals surface area contributed by atoms with E-state index in [-0.39, 0.29) is 24.3 Å². The Hall–Kier alpha value is -1.67. The van der Waals surface area contributed by atoms with Crippen molar-refractivity contribution in [2.24, 2.45) is 5.14 Å². The Kier molecular flexibility index (Phi) is 4.62. The van der Waals surface area contributed by atoms with Crippen molar-refractivity contribution < 1.29 is 13.2 Å². The Balaban J connectivity index is 2.54. The molecule has 0 fully saturated rings. The number of sulfonamides is 1. The number of primary sulfonamides is 1. The van der Waals surface area contributed by atoms with Crippen LogP contribution < -0.4 is 16.0 Å². The summed E-state index contributed by atoms with van der Waals surface area (Å²) in [7, 11) is -3.52. The summed E-state index contributed by atoms with van der Waals surface area (Å²) < 4.78 is 21.3. The monoisotopic (exact) mass is 273 g/mol. The first-order valence-electron chi connectivity index (χ1n) is 5.28. The molecule has 1 aromatic rings. The zero-order chi connectivity index (χ0) is 13.8. The van der Waals surface area contributed by atoms with E-state index in [9.17, 15) is 18.0 Å². The molecule has 0 saturated carbocycles. The number of aromatic nitrogens is 1. The Morgan fingerprint density at radius 3 is 2.67 bits per heavy atom. The van der Waals surface area contributed by atoms with Crippen molar-refractivity contribution in [3.63, 3.8) is 0 Å². The number of pyridine rings is 1. The highest BCUT2D eigenvalue weighted by Crippen LogP contribution is 1.94. The maximum atomic E-state index is 11.6. The number of H-pyrrole nitrogens is 1. The van der Waals surface area contributed by atoms with E-state index in [4.69, 9.17) is 5.14 Å². The third-order valence-corrected chi connectivity index (χ3v) is 3.05. The number of aryl methyl sites for hydroxylation is 1. The van der Waals surface area contributed by atoms with Crippen molar-refractivity contribution in [1.82, 2.24) is 10.3 Å². The van der Waals surface area contributed by atoms with E-state index >= 15 is 0 Å². The lowest BCUT2D eigenvalue weighted by Gasteiger charge is -2.04. The summed E-state index contributed by atoms with van der Waals surface area (Å²) >= 11 is 0. The Morgan fingerprint density at radius 2 is 2.11 bits per heavy atom. The average molecular weight is 273 g/mol. The zero-order valence-corrected chi connectivity index (χ0v) is 10.7. The quantitative estimate of drug-likeness (QED) is 0.601. The molecule has 1 rings (SSSR count). The molecule has 0 spiro atoms. The van der Waals surface area contributed by atoms with Crippen LogP contribution in [0.15, 0.2) is 16.9 Å². The normalized spacial score (nSPS) is 11.2. The van der Waals surface area contributed by atoms with Gasteiger partial charge in [0.2, 0.25) is 10.0 Å². The van der Waals surface area contributed by atoms with Gasteiger partial charge in [-0.15, -0.1) is 0 Å². The van der Waals surface area contributed by atoms with Gasteiger partial charge in [0.1, 0.15) is 5.56 Å². The number of carbonyl (C=O) groups is 1. The molecule has 0 aromatic carbocycles. The van der Waals surface area contributed by atoms with E-state index in [1.165, 1.54) is 6.07 Å². The van der Waals surface area contributed by atoms with E-state index in [0.29, 0.717) is 5.69 Å². The van der Waals surface area contributed by atoms with Crippen LogP contribution in [0.3, 0.4) is 0 Å². The molecular weight excluding hydrogens is 258 g/mol. The minimum absolute atomic E-state index is 0.00351. The predicted octanol–water partition coefficient (Wildman–Crippen LogP) is -0.908. The molecule has 0 bridgehead atoms. The van der Waals surface area contributed by atoms with Gasteiger partial charge in [0.05, 0.1) is 5.75 Å².